The summed E-state index contributed by atoms with van der Waals surface area (Å²) < 4.78 is 58.5. The number of aromatic nitrogens is 3. The molecule has 0 spiro atoms. The summed E-state index contributed by atoms with van der Waals surface area (Å²) in [5.41, 5.74) is 0.274. The molecule has 3 aromatic rings. The number of nitrogens with zero attached hydrogens (tertiary/aromatic N) is 4. The highest BCUT2D eigenvalue weighted by Crippen LogP contribution is 2.32. The van der Waals surface area contributed by atoms with E-state index in [2.05, 4.69) is 15.0 Å². The van der Waals surface area contributed by atoms with Gasteiger partial charge in [0, 0.05) is 36.8 Å². The van der Waals surface area contributed by atoms with Crippen LogP contribution < -0.4 is 4.74 Å². The molecule has 2 atom stereocenters. The molecule has 0 N–H and O–H groups in total. The van der Waals surface area contributed by atoms with Crippen molar-refractivity contribution in [1.29, 1.82) is 0 Å². The fourth-order valence-electron chi connectivity index (χ4n) is 4.35. The van der Waals surface area contributed by atoms with Crippen molar-refractivity contribution in [2.45, 2.75) is 38.9 Å². The number of hydrogen-bond acceptors (Lipinski definition) is 5. The second kappa shape index (κ2) is 9.97. The van der Waals surface area contributed by atoms with Crippen molar-refractivity contribution >= 4 is 5.91 Å². The molecule has 2 aromatic heterocycles. The van der Waals surface area contributed by atoms with Gasteiger partial charge in [-0.25, -0.2) is 19.3 Å². The first-order valence-corrected chi connectivity index (χ1v) is 11.2. The summed E-state index contributed by atoms with van der Waals surface area (Å²) in [5, 5.41) is 0. The Morgan fingerprint density at radius 2 is 1.91 bits per heavy atom. The van der Waals surface area contributed by atoms with E-state index in [0.717, 1.165) is 25.0 Å². The van der Waals surface area contributed by atoms with E-state index < -0.39 is 17.6 Å². The molecule has 184 valence electrons. The normalized spacial score (nSPS) is 18.4. The van der Waals surface area contributed by atoms with Crippen molar-refractivity contribution in [1.82, 2.24) is 19.9 Å². The fraction of sp³-hybridized carbons (Fsp3) is 0.360. The Balaban J connectivity index is 1.60. The first-order chi connectivity index (χ1) is 16.6. The fourth-order valence-corrected chi connectivity index (χ4v) is 4.35. The summed E-state index contributed by atoms with van der Waals surface area (Å²) in [6, 6.07) is 5.85. The van der Waals surface area contributed by atoms with Crippen LogP contribution >= 0.6 is 0 Å². The molecular weight excluding hydrogens is 464 g/mol. The Morgan fingerprint density at radius 1 is 1.17 bits per heavy atom. The van der Waals surface area contributed by atoms with Crippen molar-refractivity contribution in [3.05, 3.63) is 71.4 Å². The number of benzene rings is 1. The van der Waals surface area contributed by atoms with Crippen LogP contribution in [-0.4, -0.2) is 45.0 Å². The number of hydrogen-bond donors (Lipinski definition) is 0. The molecule has 1 aliphatic rings. The summed E-state index contributed by atoms with van der Waals surface area (Å²) in [6.07, 6.45) is 0.925. The number of pyridine rings is 1. The van der Waals surface area contributed by atoms with Crippen LogP contribution in [0, 0.1) is 18.7 Å². The van der Waals surface area contributed by atoms with Crippen LogP contribution in [0.5, 0.6) is 5.88 Å². The summed E-state index contributed by atoms with van der Waals surface area (Å²) in [6.45, 7) is 4.14. The van der Waals surface area contributed by atoms with Gasteiger partial charge in [0.05, 0.1) is 17.2 Å². The van der Waals surface area contributed by atoms with Gasteiger partial charge in [0.1, 0.15) is 12.4 Å². The van der Waals surface area contributed by atoms with Gasteiger partial charge in [0.15, 0.2) is 5.82 Å². The molecule has 1 fully saturated rings. The summed E-state index contributed by atoms with van der Waals surface area (Å²) >= 11 is 0. The summed E-state index contributed by atoms with van der Waals surface area (Å²) in [4.78, 5) is 27.6. The van der Waals surface area contributed by atoms with Crippen LogP contribution in [0.2, 0.25) is 0 Å². The molecule has 0 radical (unpaired) electrons. The van der Waals surface area contributed by atoms with E-state index in [9.17, 15) is 22.4 Å². The summed E-state index contributed by atoms with van der Waals surface area (Å²) in [7, 11) is 0. The second-order valence-corrected chi connectivity index (χ2v) is 8.60. The molecule has 1 aliphatic heterocycles. The van der Waals surface area contributed by atoms with Crippen LogP contribution in [0.3, 0.4) is 0 Å². The minimum Gasteiger partial charge on any atom is -0.475 e. The van der Waals surface area contributed by atoms with Crippen molar-refractivity contribution in [3.8, 4) is 17.3 Å². The molecule has 1 saturated heterocycles. The van der Waals surface area contributed by atoms with E-state index in [1.54, 1.807) is 30.3 Å². The Bertz CT molecular complexity index is 1190. The molecule has 1 aromatic carbocycles. The van der Waals surface area contributed by atoms with Crippen molar-refractivity contribution in [2.75, 3.05) is 13.2 Å². The number of aryl methyl sites for hydroxylation is 1. The molecule has 0 bridgehead atoms. The predicted octanol–water partition coefficient (Wildman–Crippen LogP) is 5.32. The lowest BCUT2D eigenvalue weighted by atomic mass is 9.89. The smallest absolute Gasteiger partial charge is 0.417 e. The highest BCUT2D eigenvalue weighted by Gasteiger charge is 2.35. The maximum atomic E-state index is 14.4. The van der Waals surface area contributed by atoms with Gasteiger partial charge in [-0.2, -0.15) is 13.2 Å². The standard InChI is InChI=1S/C25H24F4N4O2/c1-15-5-3-10-33(20(15)14-35-21-7-6-17(13-32-21)25(27,28)29)24(34)19-12-18(26)11-16(2)22(19)23-30-8-4-9-31-23/h4,6-9,11-13,15,20H,3,5,10,14H2,1-2H3/t15-,20-/m1/s1. The second-order valence-electron chi connectivity index (χ2n) is 8.60. The third kappa shape index (κ3) is 5.41. The number of carbonyl (C=O) groups excluding carboxylic acids is 1. The highest BCUT2D eigenvalue weighted by molar-refractivity contribution is 6.01. The van der Waals surface area contributed by atoms with Gasteiger partial charge in [-0.15, -0.1) is 0 Å². The molecule has 6 nitrogen and oxygen atoms in total. The molecule has 4 rings (SSSR count). The Hall–Kier alpha value is -3.56. The molecular formula is C25H24F4N4O2. The lowest BCUT2D eigenvalue weighted by Crippen LogP contribution is -2.50. The largest absolute Gasteiger partial charge is 0.475 e. The first kappa shape index (κ1) is 24.6. The summed E-state index contributed by atoms with van der Waals surface area (Å²) in [5.74, 6) is -0.524. The molecule has 1 amide bonds. The number of rotatable bonds is 5. The average molecular weight is 488 g/mol. The van der Waals surface area contributed by atoms with Crippen molar-refractivity contribution in [2.24, 2.45) is 5.92 Å². The topological polar surface area (TPSA) is 68.2 Å². The third-order valence-corrected chi connectivity index (χ3v) is 6.16. The zero-order valence-electron chi connectivity index (χ0n) is 19.2. The van der Waals surface area contributed by atoms with Crippen LogP contribution in [0.15, 0.2) is 48.9 Å². The number of amides is 1. The minimum atomic E-state index is -4.49. The monoisotopic (exact) mass is 488 g/mol. The van der Waals surface area contributed by atoms with E-state index in [4.69, 9.17) is 4.74 Å². The van der Waals surface area contributed by atoms with Crippen molar-refractivity contribution in [3.63, 3.8) is 0 Å². The van der Waals surface area contributed by atoms with Gasteiger partial charge < -0.3 is 9.64 Å². The van der Waals surface area contributed by atoms with Gasteiger partial charge in [0.2, 0.25) is 5.88 Å². The maximum Gasteiger partial charge on any atom is 0.417 e. The average Bonchev–Trinajstić information content (AvgIpc) is 2.82. The van der Waals surface area contributed by atoms with E-state index in [1.807, 2.05) is 6.92 Å². The molecule has 10 heteroatoms. The van der Waals surface area contributed by atoms with Crippen LogP contribution in [0.25, 0.3) is 11.4 Å². The Kier molecular flexibility index (Phi) is 7.00. The number of ether oxygens (including phenoxy) is 1. The van der Waals surface area contributed by atoms with Gasteiger partial charge in [0.25, 0.3) is 5.91 Å². The highest BCUT2D eigenvalue weighted by atomic mass is 19.4. The maximum absolute atomic E-state index is 14.4. The number of likely N-dealkylation sites (tertiary alicyclic amines) is 1. The van der Waals surface area contributed by atoms with E-state index in [-0.39, 0.29) is 35.9 Å². The predicted molar refractivity (Wildman–Crippen MR) is 120 cm³/mol. The number of halogens is 4. The van der Waals surface area contributed by atoms with Gasteiger partial charge in [-0.05, 0) is 55.5 Å². The van der Waals surface area contributed by atoms with Crippen LogP contribution in [0.1, 0.15) is 41.3 Å². The van der Waals surface area contributed by atoms with E-state index >= 15 is 0 Å². The Labute approximate surface area is 200 Å². The minimum absolute atomic E-state index is 0.0307. The zero-order valence-corrected chi connectivity index (χ0v) is 19.2. The van der Waals surface area contributed by atoms with E-state index in [1.165, 1.54) is 12.1 Å². The van der Waals surface area contributed by atoms with Crippen LogP contribution in [0.4, 0.5) is 17.6 Å². The Morgan fingerprint density at radius 3 is 2.57 bits per heavy atom. The molecule has 0 saturated carbocycles. The third-order valence-electron chi connectivity index (χ3n) is 6.16. The van der Waals surface area contributed by atoms with Gasteiger partial charge in [-0.1, -0.05) is 6.92 Å². The number of piperidine rings is 1. The molecule has 0 unspecified atom stereocenters. The number of alkyl halides is 3. The first-order valence-electron chi connectivity index (χ1n) is 11.2. The lowest BCUT2D eigenvalue weighted by molar-refractivity contribution is -0.137. The SMILES string of the molecule is Cc1cc(F)cc(C(=O)N2CCC[C@@H](C)[C@H]2COc2ccc(C(F)(F)F)cn2)c1-c1ncccn1. The zero-order chi connectivity index (χ0) is 25.2. The molecule has 3 heterocycles. The lowest BCUT2D eigenvalue weighted by Gasteiger charge is -2.40. The van der Waals surface area contributed by atoms with E-state index in [0.29, 0.717) is 29.7 Å². The van der Waals surface area contributed by atoms with Gasteiger partial charge >= 0.3 is 6.18 Å². The van der Waals surface area contributed by atoms with Crippen LogP contribution in [-0.2, 0) is 6.18 Å². The van der Waals surface area contributed by atoms with Crippen molar-refractivity contribution < 1.29 is 27.1 Å². The molecule has 0 aliphatic carbocycles. The number of carbonyl (C=O) groups is 1. The van der Waals surface area contributed by atoms with Gasteiger partial charge in [-0.3, -0.25) is 4.79 Å². The molecule has 35 heavy (non-hydrogen) atoms. The quantitative estimate of drug-likeness (QED) is 0.455.